The Bertz CT molecular complexity index is 2540. The standard InChI is InChI=1S/C49H60FN5O10S/c1-26(2)64-35-12-10-29(11-13-35)40-20-32-21-42(63-5)39(50)23-38(32)45(51-40)65-36-22-41-44(56)52-49(47(58)53-66(61,62)37-14-15-37)24-33(49)9-7-6-8-27(3)16-28(4)43(46(57)54(41)25-36)55(48(59)60)34-18-30-17-31(30)19-34/h7,9-13,20-21,23,26-28,30-31,33-34,36-37,41,43H,6,8,14-19,22,24-25H2,1-5H3,(H,52,56)(H,53,58)(H,59,60)/b9-7-/t27-,28-,30+,31?,33-,34-,36-,41+,43+,49-/m1/s1. The number of fused-ring (bicyclic) bond motifs is 4. The van der Waals surface area contributed by atoms with Crippen molar-refractivity contribution in [3.8, 4) is 28.6 Å². The molecule has 9 rings (SSSR count). The van der Waals surface area contributed by atoms with Crippen LogP contribution in [0.3, 0.4) is 0 Å². The first-order chi connectivity index (χ1) is 31.4. The number of methoxy groups -OCH3 is 1. The predicted octanol–water partition coefficient (Wildman–Crippen LogP) is 6.83. The Morgan fingerprint density at radius 1 is 1.02 bits per heavy atom. The number of nitrogens with one attached hydrogen (secondary N) is 2. The highest BCUT2D eigenvalue weighted by Gasteiger charge is 2.62. The maximum Gasteiger partial charge on any atom is 0.408 e. The van der Waals surface area contributed by atoms with Gasteiger partial charge in [0, 0.05) is 29.3 Å². The summed E-state index contributed by atoms with van der Waals surface area (Å²) in [7, 11) is -2.60. The molecule has 4 amide bonds. The molecular formula is C49H60FN5O10S. The second-order valence-electron chi connectivity index (χ2n) is 20.0. The van der Waals surface area contributed by atoms with E-state index in [0.29, 0.717) is 78.1 Å². The molecule has 354 valence electrons. The van der Waals surface area contributed by atoms with Crippen molar-refractivity contribution in [2.75, 3.05) is 13.7 Å². The van der Waals surface area contributed by atoms with Gasteiger partial charge in [0.05, 0.1) is 30.7 Å². The Morgan fingerprint density at radius 3 is 2.41 bits per heavy atom. The van der Waals surface area contributed by atoms with Gasteiger partial charge in [-0.25, -0.2) is 22.6 Å². The molecule has 10 atom stereocenters. The SMILES string of the molecule is COc1cc2cc(-c3ccc(OC(C)C)cc3)nc(O[C@@H]3C[C@H]4C(=O)N[C@]5(C(=O)NS(=O)(=O)C6CC6)C[C@H]5/C=C\CC[C@@H](C)C[C@@H](C)[C@H](N(C(=O)O)[C@H]5CC6C[C@H]6C5)C(=O)N4C3)c2cc1F. The number of hydrogen-bond acceptors (Lipinski definition) is 10. The second-order valence-corrected chi connectivity index (χ2v) is 21.9. The minimum atomic E-state index is -3.97. The minimum absolute atomic E-state index is 0.00784. The summed E-state index contributed by atoms with van der Waals surface area (Å²) in [6.07, 6.45) is 6.84. The van der Waals surface area contributed by atoms with Crippen LogP contribution in [0.5, 0.6) is 17.4 Å². The van der Waals surface area contributed by atoms with Crippen molar-refractivity contribution in [1.29, 1.82) is 0 Å². The highest BCUT2D eigenvalue weighted by molar-refractivity contribution is 7.91. The maximum atomic E-state index is 15.5. The number of pyridine rings is 1. The first-order valence-corrected chi connectivity index (χ1v) is 25.0. The summed E-state index contributed by atoms with van der Waals surface area (Å²) < 4.78 is 61.7. The lowest BCUT2D eigenvalue weighted by molar-refractivity contribution is -0.145. The molecule has 3 heterocycles. The highest BCUT2D eigenvalue weighted by atomic mass is 32.2. The van der Waals surface area contributed by atoms with Gasteiger partial charge in [0.1, 0.15) is 29.5 Å². The molecule has 3 N–H and O–H groups in total. The van der Waals surface area contributed by atoms with Crippen molar-refractivity contribution in [2.45, 2.75) is 133 Å². The fourth-order valence-electron chi connectivity index (χ4n) is 10.8. The zero-order valence-electron chi connectivity index (χ0n) is 38.1. The van der Waals surface area contributed by atoms with Crippen molar-refractivity contribution < 1.29 is 51.3 Å². The zero-order chi connectivity index (χ0) is 46.8. The van der Waals surface area contributed by atoms with Gasteiger partial charge in [-0.15, -0.1) is 0 Å². The number of amides is 4. The lowest BCUT2D eigenvalue weighted by atomic mass is 9.86. The Balaban J connectivity index is 1.10. The largest absolute Gasteiger partial charge is 0.494 e. The normalized spacial score (nSPS) is 31.4. The zero-order valence-corrected chi connectivity index (χ0v) is 38.9. The third kappa shape index (κ3) is 9.15. The van der Waals surface area contributed by atoms with Crippen molar-refractivity contribution >= 4 is 44.6 Å². The molecule has 2 aromatic carbocycles. The van der Waals surface area contributed by atoms with Gasteiger partial charge >= 0.3 is 6.09 Å². The summed E-state index contributed by atoms with van der Waals surface area (Å²) in [4.78, 5) is 65.4. The van der Waals surface area contributed by atoms with Crippen LogP contribution in [0.4, 0.5) is 9.18 Å². The second kappa shape index (κ2) is 17.6. The van der Waals surface area contributed by atoms with Crippen molar-refractivity contribution in [3.05, 3.63) is 60.4 Å². The van der Waals surface area contributed by atoms with E-state index in [1.807, 2.05) is 57.2 Å². The van der Waals surface area contributed by atoms with Gasteiger partial charge in [-0.1, -0.05) is 26.0 Å². The number of rotatable bonds is 11. The number of benzene rings is 2. The van der Waals surface area contributed by atoms with Gasteiger partial charge in [-0.3, -0.25) is 24.0 Å². The van der Waals surface area contributed by atoms with E-state index >= 15 is 9.18 Å². The topological polar surface area (TPSA) is 194 Å². The maximum absolute atomic E-state index is 15.5. The molecule has 6 aliphatic rings. The van der Waals surface area contributed by atoms with Gasteiger partial charge in [0.15, 0.2) is 11.6 Å². The first kappa shape index (κ1) is 45.7. The summed E-state index contributed by atoms with van der Waals surface area (Å²) in [5, 5.41) is 14.0. The van der Waals surface area contributed by atoms with Gasteiger partial charge in [-0.2, -0.15) is 0 Å². The van der Waals surface area contributed by atoms with Crippen LogP contribution in [0.1, 0.15) is 91.9 Å². The lowest BCUT2D eigenvalue weighted by Crippen LogP contribution is -2.61. The van der Waals surface area contributed by atoms with Crippen molar-refractivity contribution in [3.63, 3.8) is 0 Å². The molecule has 2 aliphatic heterocycles. The van der Waals surface area contributed by atoms with Gasteiger partial charge in [-0.05, 0) is 143 Å². The van der Waals surface area contributed by atoms with Crippen LogP contribution in [0, 0.1) is 35.4 Å². The summed E-state index contributed by atoms with van der Waals surface area (Å²) >= 11 is 0. The van der Waals surface area contributed by atoms with E-state index in [4.69, 9.17) is 19.2 Å². The molecule has 0 spiro atoms. The number of sulfonamides is 1. The van der Waals surface area contributed by atoms with E-state index in [1.54, 1.807) is 12.1 Å². The average molecular weight is 930 g/mol. The Morgan fingerprint density at radius 2 is 1.74 bits per heavy atom. The molecule has 5 fully saturated rings. The molecule has 66 heavy (non-hydrogen) atoms. The van der Waals surface area contributed by atoms with Gasteiger partial charge < -0.3 is 29.5 Å². The summed E-state index contributed by atoms with van der Waals surface area (Å²) in [5.41, 5.74) is -0.405. The Hall–Kier alpha value is -5.45. The smallest absolute Gasteiger partial charge is 0.408 e. The summed E-state index contributed by atoms with van der Waals surface area (Å²) in [6.45, 7) is 7.67. The summed E-state index contributed by atoms with van der Waals surface area (Å²) in [6, 6.07) is 9.16. The third-order valence-corrected chi connectivity index (χ3v) is 16.4. The number of allylic oxidation sites excluding steroid dienone is 1. The molecule has 1 aromatic heterocycles. The number of carbonyl (C=O) groups is 4. The van der Waals surface area contributed by atoms with E-state index in [2.05, 4.69) is 17.0 Å². The van der Waals surface area contributed by atoms with Crippen LogP contribution in [-0.4, -0.2) is 107 Å². The number of ether oxygens (including phenoxy) is 3. The van der Waals surface area contributed by atoms with Gasteiger partial charge in [0.25, 0.3) is 5.91 Å². The number of nitrogens with zero attached hydrogens (tertiary/aromatic N) is 3. The van der Waals surface area contributed by atoms with Crippen LogP contribution < -0.4 is 24.2 Å². The van der Waals surface area contributed by atoms with E-state index in [1.165, 1.54) is 23.0 Å². The average Bonchev–Trinajstić information content (AvgIpc) is 4.23. The van der Waals surface area contributed by atoms with Crippen molar-refractivity contribution in [1.82, 2.24) is 24.8 Å². The first-order valence-electron chi connectivity index (χ1n) is 23.4. The number of carboxylic acid groups (broad SMARTS) is 1. The number of halogens is 1. The van der Waals surface area contributed by atoms with Crippen LogP contribution in [0.25, 0.3) is 22.0 Å². The molecule has 0 radical (unpaired) electrons. The Kier molecular flexibility index (Phi) is 12.2. The fourth-order valence-corrected chi connectivity index (χ4v) is 12.2. The molecule has 1 unspecified atom stereocenters. The molecule has 3 aromatic rings. The predicted molar refractivity (Wildman–Crippen MR) is 243 cm³/mol. The molecule has 0 bridgehead atoms. The highest BCUT2D eigenvalue weighted by Crippen LogP contribution is 2.54. The molecule has 17 heteroatoms. The molecule has 1 saturated heterocycles. The lowest BCUT2D eigenvalue weighted by Gasteiger charge is -2.40. The minimum Gasteiger partial charge on any atom is -0.494 e. The van der Waals surface area contributed by atoms with E-state index in [9.17, 15) is 27.9 Å². The van der Waals surface area contributed by atoms with Crippen LogP contribution >= 0.6 is 0 Å². The van der Waals surface area contributed by atoms with Crippen molar-refractivity contribution in [2.24, 2.45) is 29.6 Å². The van der Waals surface area contributed by atoms with Crippen LogP contribution in [0.15, 0.2) is 54.6 Å². The summed E-state index contributed by atoms with van der Waals surface area (Å²) in [5.74, 6) is -2.05. The third-order valence-electron chi connectivity index (χ3n) is 14.6. The Labute approximate surface area is 384 Å². The number of aromatic nitrogens is 1. The quantitative estimate of drug-likeness (QED) is 0.171. The van der Waals surface area contributed by atoms with E-state index in [-0.39, 0.29) is 49.1 Å². The number of hydrogen-bond donors (Lipinski definition) is 3. The molecular weight excluding hydrogens is 870 g/mol. The van der Waals surface area contributed by atoms with E-state index < -0.39 is 80.5 Å². The molecule has 15 nitrogen and oxygen atoms in total. The number of carbonyl (C=O) groups excluding carboxylic acids is 3. The van der Waals surface area contributed by atoms with Crippen LogP contribution in [-0.2, 0) is 24.4 Å². The van der Waals surface area contributed by atoms with Gasteiger partial charge in [0.2, 0.25) is 27.7 Å². The van der Waals surface area contributed by atoms with Crippen LogP contribution in [0.2, 0.25) is 0 Å². The molecule has 4 aliphatic carbocycles. The van der Waals surface area contributed by atoms with E-state index in [0.717, 1.165) is 12.8 Å². The molecule has 4 saturated carbocycles. The monoisotopic (exact) mass is 929 g/mol. The fraction of sp³-hybridized carbons (Fsp3) is 0.571.